The van der Waals surface area contributed by atoms with Crippen LogP contribution in [0.15, 0.2) is 42.7 Å². The molecule has 0 bridgehead atoms. The summed E-state index contributed by atoms with van der Waals surface area (Å²) in [5.74, 6) is -1.18. The second-order valence-corrected chi connectivity index (χ2v) is 12.0. The van der Waals surface area contributed by atoms with Gasteiger partial charge in [-0.25, -0.2) is 14.1 Å². The summed E-state index contributed by atoms with van der Waals surface area (Å²) in [6.45, 7) is 3.95. The molecule has 1 aliphatic rings. The summed E-state index contributed by atoms with van der Waals surface area (Å²) in [4.78, 5) is 16.2. The molecule has 0 spiro atoms. The first-order valence-electron chi connectivity index (χ1n) is 12.3. The van der Waals surface area contributed by atoms with Gasteiger partial charge in [0.15, 0.2) is 5.82 Å². The van der Waals surface area contributed by atoms with E-state index in [9.17, 15) is 24.8 Å². The molecule has 0 radical (unpaired) electrons. The highest BCUT2D eigenvalue weighted by atomic mass is 35.5. The number of nitrogens with zero attached hydrogens (tertiary/aromatic N) is 4. The highest BCUT2D eigenvalue weighted by molar-refractivity contribution is 7.54. The van der Waals surface area contributed by atoms with Crippen LogP contribution < -0.4 is 10.3 Å². The SMILES string of the molecule is CCOC(=O)[C@H](C)CP(=O)(OC[C@H]1O[C@@](C#N)(c2ccc3c(N)ncnn23)[C@](C)(O)[C@@H]1O)Oc1ccc(Cl)cc1. The van der Waals surface area contributed by atoms with Crippen molar-refractivity contribution >= 4 is 36.5 Å². The minimum Gasteiger partial charge on any atom is -0.466 e. The summed E-state index contributed by atoms with van der Waals surface area (Å²) in [5, 5.41) is 37.3. The molecule has 214 valence electrons. The number of benzene rings is 1. The smallest absolute Gasteiger partial charge is 0.380 e. The van der Waals surface area contributed by atoms with Crippen LogP contribution in [0.25, 0.3) is 5.52 Å². The summed E-state index contributed by atoms with van der Waals surface area (Å²) < 4.78 is 37.6. The molecule has 1 saturated heterocycles. The number of aromatic nitrogens is 3. The first-order chi connectivity index (χ1) is 18.9. The third-order valence-corrected chi connectivity index (χ3v) is 8.93. The second-order valence-electron chi connectivity index (χ2n) is 9.49. The van der Waals surface area contributed by atoms with E-state index in [1.54, 1.807) is 13.0 Å². The van der Waals surface area contributed by atoms with Gasteiger partial charge in [-0.1, -0.05) is 18.5 Å². The summed E-state index contributed by atoms with van der Waals surface area (Å²) in [5.41, 5.74) is 2.04. The van der Waals surface area contributed by atoms with Gasteiger partial charge in [-0.15, -0.1) is 0 Å². The number of aliphatic hydroxyl groups is 2. The summed E-state index contributed by atoms with van der Waals surface area (Å²) in [6, 6.07) is 11.0. The lowest BCUT2D eigenvalue weighted by Gasteiger charge is -2.33. The number of carbonyl (C=O) groups excluding carboxylic acids is 1. The number of anilines is 1. The van der Waals surface area contributed by atoms with Crippen LogP contribution >= 0.6 is 19.2 Å². The van der Waals surface area contributed by atoms with Crippen LogP contribution in [0, 0.1) is 17.2 Å². The summed E-state index contributed by atoms with van der Waals surface area (Å²) in [6.07, 6.45) is -2.22. The zero-order valence-corrected chi connectivity index (χ0v) is 23.6. The first-order valence-corrected chi connectivity index (χ1v) is 14.4. The molecule has 1 fully saturated rings. The van der Waals surface area contributed by atoms with E-state index in [2.05, 4.69) is 10.1 Å². The predicted molar refractivity (Wildman–Crippen MR) is 142 cm³/mol. The molecule has 1 unspecified atom stereocenters. The van der Waals surface area contributed by atoms with Gasteiger partial charge in [0.1, 0.15) is 41.5 Å². The third-order valence-electron chi connectivity index (χ3n) is 6.65. The standard InChI is InChI=1S/C25H29ClN5O8P/c1-4-36-23(33)15(2)12-40(35,39-17-7-5-16(26)6-8-17)37-11-19-21(32)24(3,34)25(13-27,38-19)20-10-9-18-22(28)29-14-30-31(18)20/h5-10,14-15,19,21,32,34H,4,11-12H2,1-3H3,(H2,28,29,30)/t15-,19-,21-,24-,25+,40?/m1/s1. The van der Waals surface area contributed by atoms with Gasteiger partial charge in [0.05, 0.1) is 31.0 Å². The highest BCUT2D eigenvalue weighted by Gasteiger charge is 2.65. The lowest BCUT2D eigenvalue weighted by atomic mass is 9.80. The zero-order chi connectivity index (χ0) is 29.3. The Morgan fingerprint density at radius 2 is 2.05 bits per heavy atom. The monoisotopic (exact) mass is 593 g/mol. The van der Waals surface area contributed by atoms with E-state index in [0.717, 1.165) is 0 Å². The molecule has 3 aromatic rings. The van der Waals surface area contributed by atoms with Crippen molar-refractivity contribution in [3.63, 3.8) is 0 Å². The van der Waals surface area contributed by atoms with Gasteiger partial charge in [0.25, 0.3) is 0 Å². The molecule has 0 saturated carbocycles. The zero-order valence-electron chi connectivity index (χ0n) is 21.9. The van der Waals surface area contributed by atoms with Crippen LogP contribution in [-0.4, -0.2) is 68.0 Å². The minimum atomic E-state index is -4.11. The van der Waals surface area contributed by atoms with Gasteiger partial charge in [-0.2, -0.15) is 10.4 Å². The van der Waals surface area contributed by atoms with Crippen molar-refractivity contribution in [1.29, 1.82) is 5.26 Å². The van der Waals surface area contributed by atoms with Gasteiger partial charge in [0, 0.05) is 5.02 Å². The largest absolute Gasteiger partial charge is 0.466 e. The maximum absolute atomic E-state index is 13.9. The Balaban J connectivity index is 1.62. The number of aliphatic hydroxyl groups excluding tert-OH is 1. The fourth-order valence-electron chi connectivity index (χ4n) is 4.50. The summed E-state index contributed by atoms with van der Waals surface area (Å²) >= 11 is 5.93. The van der Waals surface area contributed by atoms with Crippen LogP contribution in [0.2, 0.25) is 5.02 Å². The number of esters is 1. The highest BCUT2D eigenvalue weighted by Crippen LogP contribution is 2.52. The predicted octanol–water partition coefficient (Wildman–Crippen LogP) is 2.68. The van der Waals surface area contributed by atoms with Crippen molar-refractivity contribution in [2.24, 2.45) is 5.92 Å². The Hall–Kier alpha value is -3.24. The number of fused-ring (bicyclic) bond motifs is 1. The lowest BCUT2D eigenvalue weighted by molar-refractivity contribution is -0.146. The molecule has 4 N–H and O–H groups in total. The average molecular weight is 594 g/mol. The molecule has 1 aromatic carbocycles. The van der Waals surface area contributed by atoms with Gasteiger partial charge in [0.2, 0.25) is 5.60 Å². The van der Waals surface area contributed by atoms with Crippen molar-refractivity contribution < 1.29 is 38.1 Å². The molecule has 0 amide bonds. The molecule has 13 nitrogen and oxygen atoms in total. The van der Waals surface area contributed by atoms with E-state index in [1.807, 2.05) is 6.07 Å². The maximum atomic E-state index is 13.9. The van der Waals surface area contributed by atoms with E-state index in [-0.39, 0.29) is 30.0 Å². The number of hydrogen-bond acceptors (Lipinski definition) is 12. The van der Waals surface area contributed by atoms with Crippen LogP contribution in [0.1, 0.15) is 26.5 Å². The van der Waals surface area contributed by atoms with Crippen molar-refractivity contribution in [1.82, 2.24) is 14.6 Å². The topological polar surface area (TPSA) is 192 Å². The number of nitrogens with two attached hydrogens (primary N) is 1. The van der Waals surface area contributed by atoms with Gasteiger partial charge in [-0.3, -0.25) is 9.32 Å². The van der Waals surface area contributed by atoms with E-state index < -0.39 is 49.5 Å². The number of halogens is 1. The van der Waals surface area contributed by atoms with Crippen molar-refractivity contribution in [3.8, 4) is 11.8 Å². The van der Waals surface area contributed by atoms with Crippen LogP contribution in [0.3, 0.4) is 0 Å². The van der Waals surface area contributed by atoms with Crippen molar-refractivity contribution in [2.45, 2.75) is 44.2 Å². The molecule has 3 heterocycles. The number of carbonyl (C=O) groups is 1. The Labute approximate surface area is 234 Å². The number of nitriles is 1. The van der Waals surface area contributed by atoms with Gasteiger partial charge in [-0.05, 0) is 50.2 Å². The average Bonchev–Trinajstić information content (AvgIpc) is 3.43. The van der Waals surface area contributed by atoms with E-state index in [4.69, 9.17) is 35.9 Å². The fraction of sp³-hybridized carbons (Fsp3) is 0.440. The molecule has 0 aliphatic carbocycles. The quantitative estimate of drug-likeness (QED) is 0.230. The summed E-state index contributed by atoms with van der Waals surface area (Å²) in [7, 11) is -4.11. The van der Waals surface area contributed by atoms with Gasteiger partial charge >= 0.3 is 13.6 Å². The maximum Gasteiger partial charge on any atom is 0.380 e. The van der Waals surface area contributed by atoms with Gasteiger partial charge < -0.3 is 29.9 Å². The first kappa shape index (κ1) is 29.7. The van der Waals surface area contributed by atoms with Crippen LogP contribution in [0.5, 0.6) is 5.75 Å². The van der Waals surface area contributed by atoms with E-state index >= 15 is 0 Å². The normalized spacial score (nSPS) is 26.6. The third kappa shape index (κ3) is 5.39. The number of nitrogen functional groups attached to an aromatic ring is 1. The molecule has 2 aromatic heterocycles. The number of hydrogen-bond donors (Lipinski definition) is 3. The lowest BCUT2D eigenvalue weighted by Crippen LogP contribution is -2.52. The molecule has 4 rings (SSSR count). The van der Waals surface area contributed by atoms with Crippen LogP contribution in [0.4, 0.5) is 5.82 Å². The second kappa shape index (κ2) is 11.3. The van der Waals surface area contributed by atoms with Crippen molar-refractivity contribution in [2.75, 3.05) is 25.1 Å². The Bertz CT molecular complexity index is 1480. The Kier molecular flexibility index (Phi) is 8.42. The number of rotatable bonds is 10. The minimum absolute atomic E-state index is 0.0854. The molecule has 15 heteroatoms. The molecule has 6 atom stereocenters. The fourth-order valence-corrected chi connectivity index (χ4v) is 6.49. The molecular formula is C25H29ClN5O8P. The Morgan fingerprint density at radius 3 is 2.70 bits per heavy atom. The van der Waals surface area contributed by atoms with E-state index in [1.165, 1.54) is 55.0 Å². The molecule has 40 heavy (non-hydrogen) atoms. The molecule has 1 aliphatic heterocycles. The van der Waals surface area contributed by atoms with E-state index in [0.29, 0.717) is 10.5 Å². The molecular weight excluding hydrogens is 565 g/mol. The van der Waals surface area contributed by atoms with Crippen LogP contribution in [-0.2, 0) is 29.0 Å². The number of ether oxygens (including phenoxy) is 2. The Morgan fingerprint density at radius 1 is 1.35 bits per heavy atom. The van der Waals surface area contributed by atoms with Crippen molar-refractivity contribution in [3.05, 3.63) is 53.4 Å².